The molecular formula is C14H20N4O3. The van der Waals surface area contributed by atoms with Gasteiger partial charge in [-0.1, -0.05) is 0 Å². The molecule has 1 fully saturated rings. The van der Waals surface area contributed by atoms with Crippen molar-refractivity contribution in [2.75, 3.05) is 25.5 Å². The first kappa shape index (κ1) is 15.1. The van der Waals surface area contributed by atoms with Crippen molar-refractivity contribution in [2.24, 2.45) is 0 Å². The van der Waals surface area contributed by atoms with Crippen LogP contribution in [0.1, 0.15) is 19.8 Å². The lowest BCUT2D eigenvalue weighted by atomic mass is 10.1. The van der Waals surface area contributed by atoms with Gasteiger partial charge in [-0.05, 0) is 18.9 Å². The highest BCUT2D eigenvalue weighted by atomic mass is 16.5. The van der Waals surface area contributed by atoms with E-state index in [1.54, 1.807) is 23.2 Å². The Labute approximate surface area is 123 Å². The van der Waals surface area contributed by atoms with Crippen molar-refractivity contribution in [3.05, 3.63) is 18.3 Å². The number of hydrogen-bond donors (Lipinski definition) is 2. The molecule has 0 spiro atoms. The number of carbonyl (C=O) groups excluding carboxylic acids is 2. The normalized spacial score (nSPS) is 18.0. The number of amides is 3. The van der Waals surface area contributed by atoms with Crippen LogP contribution in [0.2, 0.25) is 0 Å². The minimum Gasteiger partial charge on any atom is -0.481 e. The maximum absolute atomic E-state index is 12.2. The number of ether oxygens (including phenoxy) is 1. The van der Waals surface area contributed by atoms with E-state index in [1.807, 2.05) is 0 Å². The lowest BCUT2D eigenvalue weighted by Crippen LogP contribution is -2.50. The van der Waals surface area contributed by atoms with Crippen molar-refractivity contribution in [1.82, 2.24) is 15.2 Å². The maximum atomic E-state index is 12.2. The predicted molar refractivity (Wildman–Crippen MR) is 78.2 cm³/mol. The van der Waals surface area contributed by atoms with Crippen LogP contribution in [-0.2, 0) is 4.79 Å². The van der Waals surface area contributed by atoms with E-state index < -0.39 is 0 Å². The lowest BCUT2D eigenvalue weighted by molar-refractivity contribution is -0.119. The second-order valence-corrected chi connectivity index (χ2v) is 5.01. The van der Waals surface area contributed by atoms with Crippen LogP contribution in [0.15, 0.2) is 18.3 Å². The standard InChI is InChI=1S/C14H20N4O3/c1-10(19)16-12-4-3-7-18(9-12)14(20)17-11-5-6-13(21-2)15-8-11/h5-6,8,12H,3-4,7,9H2,1-2H3,(H,16,19)(H,17,20)/t12-/m1/s1. The minimum absolute atomic E-state index is 0.0241. The average molecular weight is 292 g/mol. The molecule has 7 nitrogen and oxygen atoms in total. The zero-order valence-corrected chi connectivity index (χ0v) is 12.3. The highest BCUT2D eigenvalue weighted by Gasteiger charge is 2.24. The van der Waals surface area contributed by atoms with Crippen LogP contribution in [0, 0.1) is 0 Å². The van der Waals surface area contributed by atoms with Crippen molar-refractivity contribution < 1.29 is 14.3 Å². The molecule has 114 valence electrons. The van der Waals surface area contributed by atoms with Crippen LogP contribution >= 0.6 is 0 Å². The van der Waals surface area contributed by atoms with Gasteiger partial charge in [0.1, 0.15) is 0 Å². The summed E-state index contributed by atoms with van der Waals surface area (Å²) < 4.78 is 4.97. The van der Waals surface area contributed by atoms with Gasteiger partial charge in [0, 0.05) is 32.1 Å². The molecule has 1 saturated heterocycles. The summed E-state index contributed by atoms with van der Waals surface area (Å²) >= 11 is 0. The fourth-order valence-corrected chi connectivity index (χ4v) is 2.34. The molecule has 3 amide bonds. The maximum Gasteiger partial charge on any atom is 0.321 e. The number of methoxy groups -OCH3 is 1. The first-order valence-electron chi connectivity index (χ1n) is 6.91. The number of likely N-dealkylation sites (tertiary alicyclic amines) is 1. The van der Waals surface area contributed by atoms with Crippen molar-refractivity contribution in [1.29, 1.82) is 0 Å². The van der Waals surface area contributed by atoms with Crippen LogP contribution in [0.5, 0.6) is 5.88 Å². The highest BCUT2D eigenvalue weighted by molar-refractivity contribution is 5.89. The van der Waals surface area contributed by atoms with E-state index in [0.717, 1.165) is 12.8 Å². The van der Waals surface area contributed by atoms with E-state index in [1.165, 1.54) is 14.0 Å². The molecule has 2 N–H and O–H groups in total. The minimum atomic E-state index is -0.183. The van der Waals surface area contributed by atoms with Crippen LogP contribution < -0.4 is 15.4 Å². The van der Waals surface area contributed by atoms with Gasteiger partial charge < -0.3 is 20.3 Å². The summed E-state index contributed by atoms with van der Waals surface area (Å²) in [6, 6.07) is 3.26. The monoisotopic (exact) mass is 292 g/mol. The van der Waals surface area contributed by atoms with Gasteiger partial charge in [-0.25, -0.2) is 9.78 Å². The number of urea groups is 1. The summed E-state index contributed by atoms with van der Waals surface area (Å²) in [6.07, 6.45) is 3.32. The van der Waals surface area contributed by atoms with Gasteiger partial charge in [0.05, 0.1) is 19.0 Å². The first-order chi connectivity index (χ1) is 10.1. The molecule has 1 aromatic rings. The molecular weight excluding hydrogens is 272 g/mol. The summed E-state index contributed by atoms with van der Waals surface area (Å²) in [5, 5.41) is 5.65. The molecule has 1 aliphatic rings. The number of nitrogens with one attached hydrogen (secondary N) is 2. The molecule has 0 saturated carbocycles. The molecule has 7 heteroatoms. The van der Waals surface area contributed by atoms with Gasteiger partial charge in [-0.2, -0.15) is 0 Å². The topological polar surface area (TPSA) is 83.6 Å². The Balaban J connectivity index is 1.91. The third kappa shape index (κ3) is 4.34. The Kier molecular flexibility index (Phi) is 4.97. The van der Waals surface area contributed by atoms with E-state index >= 15 is 0 Å². The fraction of sp³-hybridized carbons (Fsp3) is 0.500. The summed E-state index contributed by atoms with van der Waals surface area (Å²) in [7, 11) is 1.54. The van der Waals surface area contributed by atoms with Gasteiger partial charge in [0.15, 0.2) is 0 Å². The number of aromatic nitrogens is 1. The van der Waals surface area contributed by atoms with Gasteiger partial charge >= 0.3 is 6.03 Å². The molecule has 1 atom stereocenters. The van der Waals surface area contributed by atoms with Gasteiger partial charge in [0.25, 0.3) is 0 Å². The quantitative estimate of drug-likeness (QED) is 0.877. The Morgan fingerprint density at radius 2 is 2.24 bits per heavy atom. The van der Waals surface area contributed by atoms with Crippen LogP contribution in [0.25, 0.3) is 0 Å². The predicted octanol–water partition coefficient (Wildman–Crippen LogP) is 1.22. The van der Waals surface area contributed by atoms with Crippen LogP contribution in [0.3, 0.4) is 0 Å². The number of rotatable bonds is 3. The Hall–Kier alpha value is -2.31. The zero-order chi connectivity index (χ0) is 15.2. The summed E-state index contributed by atoms with van der Waals surface area (Å²) in [5.74, 6) is 0.429. The summed E-state index contributed by atoms with van der Waals surface area (Å²) in [4.78, 5) is 29.0. The van der Waals surface area contributed by atoms with Gasteiger partial charge in [-0.3, -0.25) is 4.79 Å². The van der Waals surface area contributed by atoms with Crippen molar-refractivity contribution in [2.45, 2.75) is 25.8 Å². The molecule has 0 bridgehead atoms. The number of piperidine rings is 1. The molecule has 1 aliphatic heterocycles. The molecule has 0 aromatic carbocycles. The Morgan fingerprint density at radius 3 is 2.86 bits per heavy atom. The van der Waals surface area contributed by atoms with Crippen LogP contribution in [-0.4, -0.2) is 48.1 Å². The largest absolute Gasteiger partial charge is 0.481 e. The average Bonchev–Trinajstić information content (AvgIpc) is 2.47. The SMILES string of the molecule is COc1ccc(NC(=O)N2CCC[C@@H](NC(C)=O)C2)cn1. The third-order valence-electron chi connectivity index (χ3n) is 3.31. The molecule has 0 aliphatic carbocycles. The molecule has 0 radical (unpaired) electrons. The van der Waals surface area contributed by atoms with E-state index in [2.05, 4.69) is 15.6 Å². The van der Waals surface area contributed by atoms with Crippen LogP contribution in [0.4, 0.5) is 10.5 Å². The van der Waals surface area contributed by atoms with E-state index in [9.17, 15) is 9.59 Å². The van der Waals surface area contributed by atoms with E-state index in [0.29, 0.717) is 24.7 Å². The second kappa shape index (κ2) is 6.92. The molecule has 2 rings (SSSR count). The molecule has 0 unspecified atom stereocenters. The molecule has 21 heavy (non-hydrogen) atoms. The van der Waals surface area contributed by atoms with E-state index in [-0.39, 0.29) is 18.0 Å². The smallest absolute Gasteiger partial charge is 0.321 e. The number of nitrogens with zero attached hydrogens (tertiary/aromatic N) is 2. The highest BCUT2D eigenvalue weighted by Crippen LogP contribution is 2.14. The Bertz CT molecular complexity index is 503. The Morgan fingerprint density at radius 1 is 1.43 bits per heavy atom. The van der Waals surface area contributed by atoms with E-state index in [4.69, 9.17) is 4.74 Å². The van der Waals surface area contributed by atoms with Crippen molar-refractivity contribution >= 4 is 17.6 Å². The zero-order valence-electron chi connectivity index (χ0n) is 12.3. The summed E-state index contributed by atoms with van der Waals surface area (Å²) in [6.45, 7) is 2.70. The number of anilines is 1. The summed E-state index contributed by atoms with van der Waals surface area (Å²) in [5.41, 5.74) is 0.613. The van der Waals surface area contributed by atoms with Crippen molar-refractivity contribution in [3.63, 3.8) is 0 Å². The second-order valence-electron chi connectivity index (χ2n) is 5.01. The number of carbonyl (C=O) groups is 2. The van der Waals surface area contributed by atoms with Crippen molar-refractivity contribution in [3.8, 4) is 5.88 Å². The van der Waals surface area contributed by atoms with Gasteiger partial charge in [0.2, 0.25) is 11.8 Å². The third-order valence-corrected chi connectivity index (χ3v) is 3.31. The number of pyridine rings is 1. The fourth-order valence-electron chi connectivity index (χ4n) is 2.34. The first-order valence-corrected chi connectivity index (χ1v) is 6.91. The molecule has 2 heterocycles. The lowest BCUT2D eigenvalue weighted by Gasteiger charge is -2.32. The molecule has 1 aromatic heterocycles. The number of hydrogen-bond acceptors (Lipinski definition) is 4. The van der Waals surface area contributed by atoms with Gasteiger partial charge in [-0.15, -0.1) is 0 Å².